The highest BCUT2D eigenvalue weighted by molar-refractivity contribution is 7.99. The maximum atomic E-state index is 13.0. The highest BCUT2D eigenvalue weighted by atomic mass is 32.2. The lowest BCUT2D eigenvalue weighted by atomic mass is 10.0. The topological polar surface area (TPSA) is 46.9 Å². The Morgan fingerprint density at radius 3 is 2.77 bits per heavy atom. The maximum absolute atomic E-state index is 13.0. The lowest BCUT2D eigenvalue weighted by Crippen LogP contribution is -2.35. The molecule has 0 bridgehead atoms. The fraction of sp³-hybridized carbons (Fsp3) is 0.412. The van der Waals surface area contributed by atoms with Crippen molar-refractivity contribution in [1.82, 2.24) is 14.9 Å². The molecule has 4 nitrogen and oxygen atoms in total. The van der Waals surface area contributed by atoms with Gasteiger partial charge in [-0.15, -0.1) is 0 Å². The normalized spacial score (nSPS) is 17.8. The Labute approximate surface area is 134 Å². The molecule has 114 valence electrons. The predicted molar refractivity (Wildman–Crippen MR) is 88.7 cm³/mol. The molecule has 0 spiro atoms. The molecule has 2 aromatic rings. The molecule has 0 atom stereocenters. The zero-order chi connectivity index (χ0) is 14.9. The third-order valence-electron chi connectivity index (χ3n) is 4.41. The van der Waals surface area contributed by atoms with Crippen molar-refractivity contribution in [2.45, 2.75) is 42.6 Å². The standard InChI is InChI=1S/C17H19N3OS/c21-16-14-11-18-10-9-15(14)19-17(22-13-7-4-8-13)20(16)12-5-2-1-3-6-12/h1-3,5-6,13,18H,4,7-11H2. The minimum atomic E-state index is 0.0882. The minimum absolute atomic E-state index is 0.0882. The molecule has 1 aromatic carbocycles. The van der Waals surface area contributed by atoms with Crippen molar-refractivity contribution in [2.24, 2.45) is 0 Å². The number of rotatable bonds is 3. The van der Waals surface area contributed by atoms with E-state index in [2.05, 4.69) is 5.32 Å². The number of nitrogens with one attached hydrogen (secondary N) is 1. The van der Waals surface area contributed by atoms with E-state index in [1.165, 1.54) is 19.3 Å². The monoisotopic (exact) mass is 313 g/mol. The number of thioether (sulfide) groups is 1. The third-order valence-corrected chi connectivity index (χ3v) is 5.70. The summed E-state index contributed by atoms with van der Waals surface area (Å²) >= 11 is 1.77. The molecule has 0 amide bonds. The highest BCUT2D eigenvalue weighted by Crippen LogP contribution is 2.36. The van der Waals surface area contributed by atoms with Crippen LogP contribution in [0.1, 0.15) is 30.5 Å². The van der Waals surface area contributed by atoms with E-state index >= 15 is 0 Å². The second-order valence-electron chi connectivity index (χ2n) is 5.89. The molecular weight excluding hydrogens is 294 g/mol. The van der Waals surface area contributed by atoms with Gasteiger partial charge in [-0.25, -0.2) is 4.98 Å². The van der Waals surface area contributed by atoms with Crippen LogP contribution in [-0.4, -0.2) is 21.3 Å². The van der Waals surface area contributed by atoms with Crippen LogP contribution in [0, 0.1) is 0 Å². The fourth-order valence-corrected chi connectivity index (χ4v) is 4.23. The fourth-order valence-electron chi connectivity index (χ4n) is 2.90. The summed E-state index contributed by atoms with van der Waals surface area (Å²) in [6.45, 7) is 1.53. The van der Waals surface area contributed by atoms with Crippen LogP contribution in [-0.2, 0) is 13.0 Å². The molecule has 0 saturated heterocycles. The van der Waals surface area contributed by atoms with E-state index in [-0.39, 0.29) is 5.56 Å². The first-order valence-corrected chi connectivity index (χ1v) is 8.78. The summed E-state index contributed by atoms with van der Waals surface area (Å²) in [7, 11) is 0. The van der Waals surface area contributed by atoms with Gasteiger partial charge in [-0.1, -0.05) is 36.4 Å². The number of hydrogen-bond donors (Lipinski definition) is 1. The zero-order valence-electron chi connectivity index (χ0n) is 12.4. The van der Waals surface area contributed by atoms with Gasteiger partial charge in [-0.2, -0.15) is 0 Å². The van der Waals surface area contributed by atoms with Crippen LogP contribution in [0.15, 0.2) is 40.3 Å². The quantitative estimate of drug-likeness (QED) is 0.885. The average Bonchev–Trinajstić information content (AvgIpc) is 2.52. The molecule has 1 aromatic heterocycles. The molecule has 1 saturated carbocycles. The summed E-state index contributed by atoms with van der Waals surface area (Å²) < 4.78 is 1.80. The molecule has 1 N–H and O–H groups in total. The Balaban J connectivity index is 1.87. The largest absolute Gasteiger partial charge is 0.312 e. The number of benzene rings is 1. The van der Waals surface area contributed by atoms with Crippen LogP contribution in [0.5, 0.6) is 0 Å². The van der Waals surface area contributed by atoms with Crippen LogP contribution >= 0.6 is 11.8 Å². The highest BCUT2D eigenvalue weighted by Gasteiger charge is 2.25. The second kappa shape index (κ2) is 5.89. The van der Waals surface area contributed by atoms with Gasteiger partial charge in [0.2, 0.25) is 0 Å². The number of aromatic nitrogens is 2. The predicted octanol–water partition coefficient (Wildman–Crippen LogP) is 2.52. The van der Waals surface area contributed by atoms with Gasteiger partial charge in [0.1, 0.15) is 0 Å². The van der Waals surface area contributed by atoms with Crippen molar-refractivity contribution in [1.29, 1.82) is 0 Å². The molecule has 2 aliphatic rings. The van der Waals surface area contributed by atoms with Gasteiger partial charge in [0.05, 0.1) is 16.9 Å². The third kappa shape index (κ3) is 2.48. The van der Waals surface area contributed by atoms with E-state index in [0.717, 1.165) is 35.1 Å². The maximum Gasteiger partial charge on any atom is 0.263 e. The van der Waals surface area contributed by atoms with Gasteiger partial charge in [-0.05, 0) is 25.0 Å². The zero-order valence-corrected chi connectivity index (χ0v) is 13.2. The Morgan fingerprint density at radius 1 is 1.23 bits per heavy atom. The molecular formula is C17H19N3OS. The summed E-state index contributed by atoms with van der Waals surface area (Å²) in [5.41, 5.74) is 2.81. The van der Waals surface area contributed by atoms with Crippen molar-refractivity contribution < 1.29 is 0 Å². The number of hydrogen-bond acceptors (Lipinski definition) is 4. The van der Waals surface area contributed by atoms with E-state index in [9.17, 15) is 4.79 Å². The summed E-state index contributed by atoms with van der Waals surface area (Å²) in [5, 5.41) is 4.76. The van der Waals surface area contributed by atoms with E-state index in [4.69, 9.17) is 4.98 Å². The van der Waals surface area contributed by atoms with Gasteiger partial charge < -0.3 is 5.32 Å². The Hall–Kier alpha value is -1.59. The average molecular weight is 313 g/mol. The molecule has 2 heterocycles. The molecule has 22 heavy (non-hydrogen) atoms. The SMILES string of the molecule is O=c1c2c(nc(SC3CCC3)n1-c1ccccc1)CCNC2. The summed E-state index contributed by atoms with van der Waals surface area (Å²) in [4.78, 5) is 17.9. The van der Waals surface area contributed by atoms with Gasteiger partial charge in [0, 0.05) is 24.8 Å². The molecule has 1 aliphatic heterocycles. The Morgan fingerprint density at radius 2 is 2.05 bits per heavy atom. The van der Waals surface area contributed by atoms with Gasteiger partial charge in [0.15, 0.2) is 5.16 Å². The lowest BCUT2D eigenvalue weighted by molar-refractivity contribution is 0.518. The molecule has 0 unspecified atom stereocenters. The van der Waals surface area contributed by atoms with Crippen molar-refractivity contribution in [3.8, 4) is 5.69 Å². The molecule has 0 radical (unpaired) electrons. The first-order valence-electron chi connectivity index (χ1n) is 7.90. The first-order chi connectivity index (χ1) is 10.8. The second-order valence-corrected chi connectivity index (χ2v) is 7.16. The van der Waals surface area contributed by atoms with Crippen LogP contribution < -0.4 is 10.9 Å². The lowest BCUT2D eigenvalue weighted by Gasteiger charge is -2.26. The Bertz CT molecular complexity index is 738. The van der Waals surface area contributed by atoms with Crippen LogP contribution in [0.2, 0.25) is 0 Å². The molecule has 1 fully saturated rings. The minimum Gasteiger partial charge on any atom is -0.312 e. The Kier molecular flexibility index (Phi) is 3.76. The van der Waals surface area contributed by atoms with E-state index in [0.29, 0.717) is 11.8 Å². The summed E-state index contributed by atoms with van der Waals surface area (Å²) in [6, 6.07) is 9.88. The number of fused-ring (bicyclic) bond motifs is 1. The first kappa shape index (κ1) is 14.0. The molecule has 1 aliphatic carbocycles. The van der Waals surface area contributed by atoms with Gasteiger partial charge in [0.25, 0.3) is 5.56 Å². The van der Waals surface area contributed by atoms with Crippen molar-refractivity contribution >= 4 is 11.8 Å². The van der Waals surface area contributed by atoms with Crippen molar-refractivity contribution in [3.05, 3.63) is 51.9 Å². The van der Waals surface area contributed by atoms with Crippen molar-refractivity contribution in [3.63, 3.8) is 0 Å². The van der Waals surface area contributed by atoms with Crippen LogP contribution in [0.25, 0.3) is 5.69 Å². The molecule has 4 rings (SSSR count). The summed E-state index contributed by atoms with van der Waals surface area (Å²) in [5.74, 6) is 0. The van der Waals surface area contributed by atoms with Crippen LogP contribution in [0.3, 0.4) is 0 Å². The van der Waals surface area contributed by atoms with Crippen molar-refractivity contribution in [2.75, 3.05) is 6.54 Å². The van der Waals surface area contributed by atoms with Gasteiger partial charge in [-0.3, -0.25) is 9.36 Å². The van der Waals surface area contributed by atoms with E-state index in [1.807, 2.05) is 30.3 Å². The smallest absolute Gasteiger partial charge is 0.263 e. The molecule has 5 heteroatoms. The number of nitrogens with zero attached hydrogens (tertiary/aromatic N) is 2. The van der Waals surface area contributed by atoms with Crippen LogP contribution in [0.4, 0.5) is 0 Å². The van der Waals surface area contributed by atoms with Gasteiger partial charge >= 0.3 is 0 Å². The van der Waals surface area contributed by atoms with E-state index < -0.39 is 0 Å². The number of para-hydroxylation sites is 1. The summed E-state index contributed by atoms with van der Waals surface area (Å²) in [6.07, 6.45) is 4.60. The van der Waals surface area contributed by atoms with E-state index in [1.54, 1.807) is 16.3 Å².